The molecule has 0 radical (unpaired) electrons. The van der Waals surface area contributed by atoms with Gasteiger partial charge < -0.3 is 10.2 Å². The fourth-order valence-corrected chi connectivity index (χ4v) is 2.13. The molecule has 0 aliphatic carbocycles. The van der Waals surface area contributed by atoms with Crippen LogP contribution in [0.1, 0.15) is 0 Å². The maximum Gasteiger partial charge on any atom is 0.279 e. The maximum absolute atomic E-state index is 12.1. The van der Waals surface area contributed by atoms with Gasteiger partial charge >= 0.3 is 0 Å². The zero-order valence-electron chi connectivity index (χ0n) is 10.5. The Morgan fingerprint density at radius 3 is 2.47 bits per heavy atom. The standard InChI is InChI=1S/C13H15N5O/c19-12-11(10-4-2-1-3-5-10)16-17-13(15-12)18-8-6-14-7-9-18/h1-5,14H,6-9H2,(H,15,17,19). The van der Waals surface area contributed by atoms with Crippen LogP contribution in [-0.2, 0) is 0 Å². The van der Waals surface area contributed by atoms with E-state index in [4.69, 9.17) is 0 Å². The number of nitrogens with zero attached hydrogens (tertiary/aromatic N) is 3. The first-order chi connectivity index (χ1) is 9.34. The third-order valence-corrected chi connectivity index (χ3v) is 3.15. The first-order valence-corrected chi connectivity index (χ1v) is 6.33. The Hall–Kier alpha value is -2.21. The summed E-state index contributed by atoms with van der Waals surface area (Å²) in [5.41, 5.74) is 0.942. The number of rotatable bonds is 2. The summed E-state index contributed by atoms with van der Waals surface area (Å²) in [6, 6.07) is 9.36. The number of hydrogen-bond acceptors (Lipinski definition) is 5. The van der Waals surface area contributed by atoms with Gasteiger partial charge in [0.1, 0.15) is 0 Å². The van der Waals surface area contributed by atoms with Crippen molar-refractivity contribution < 1.29 is 0 Å². The predicted octanol–water partition coefficient (Wildman–Crippen LogP) is 0.242. The summed E-state index contributed by atoms with van der Waals surface area (Å²) in [6.07, 6.45) is 0. The van der Waals surface area contributed by atoms with Gasteiger partial charge in [0.05, 0.1) is 0 Å². The van der Waals surface area contributed by atoms with Gasteiger partial charge in [0, 0.05) is 31.7 Å². The Kier molecular flexibility index (Phi) is 3.24. The summed E-state index contributed by atoms with van der Waals surface area (Å²) < 4.78 is 0. The van der Waals surface area contributed by atoms with Gasteiger partial charge in [-0.25, -0.2) is 0 Å². The van der Waals surface area contributed by atoms with Gasteiger partial charge in [-0.05, 0) is 0 Å². The van der Waals surface area contributed by atoms with Crippen LogP contribution in [0.2, 0.25) is 0 Å². The fourth-order valence-electron chi connectivity index (χ4n) is 2.13. The lowest BCUT2D eigenvalue weighted by molar-refractivity contribution is 0.576. The molecule has 0 unspecified atom stereocenters. The summed E-state index contributed by atoms with van der Waals surface area (Å²) in [5, 5.41) is 11.5. The molecule has 19 heavy (non-hydrogen) atoms. The predicted molar refractivity (Wildman–Crippen MR) is 73.2 cm³/mol. The zero-order chi connectivity index (χ0) is 13.1. The van der Waals surface area contributed by atoms with Crippen LogP contribution in [0.3, 0.4) is 0 Å². The van der Waals surface area contributed by atoms with Crippen molar-refractivity contribution in [3.63, 3.8) is 0 Å². The second kappa shape index (κ2) is 5.19. The minimum atomic E-state index is -0.199. The summed E-state index contributed by atoms with van der Waals surface area (Å²) in [7, 11) is 0. The van der Waals surface area contributed by atoms with E-state index < -0.39 is 0 Å². The van der Waals surface area contributed by atoms with Crippen LogP contribution in [0.4, 0.5) is 5.95 Å². The van der Waals surface area contributed by atoms with Gasteiger partial charge in [0.15, 0.2) is 5.69 Å². The molecule has 2 N–H and O–H groups in total. The van der Waals surface area contributed by atoms with Gasteiger partial charge in [0.25, 0.3) is 5.56 Å². The molecule has 1 aromatic heterocycles. The Labute approximate surface area is 110 Å². The molecule has 2 aromatic rings. The van der Waals surface area contributed by atoms with Gasteiger partial charge in [-0.2, -0.15) is 0 Å². The number of H-pyrrole nitrogens is 1. The molecule has 1 aromatic carbocycles. The van der Waals surface area contributed by atoms with Crippen molar-refractivity contribution >= 4 is 5.95 Å². The van der Waals surface area contributed by atoms with Crippen LogP contribution in [0.15, 0.2) is 35.1 Å². The topological polar surface area (TPSA) is 73.9 Å². The lowest BCUT2D eigenvalue weighted by Crippen LogP contribution is -2.45. The average molecular weight is 257 g/mol. The van der Waals surface area contributed by atoms with Crippen LogP contribution in [-0.4, -0.2) is 41.4 Å². The van der Waals surface area contributed by atoms with E-state index in [0.717, 1.165) is 31.7 Å². The molecule has 1 fully saturated rings. The van der Waals surface area contributed by atoms with E-state index in [0.29, 0.717) is 11.6 Å². The van der Waals surface area contributed by atoms with Crippen molar-refractivity contribution in [2.45, 2.75) is 0 Å². The fraction of sp³-hybridized carbons (Fsp3) is 0.308. The van der Waals surface area contributed by atoms with E-state index in [1.807, 2.05) is 35.2 Å². The number of piperazine rings is 1. The van der Waals surface area contributed by atoms with Crippen molar-refractivity contribution in [3.8, 4) is 11.3 Å². The molecule has 1 saturated heterocycles. The van der Waals surface area contributed by atoms with E-state index in [9.17, 15) is 4.79 Å². The number of anilines is 1. The van der Waals surface area contributed by atoms with Crippen molar-refractivity contribution in [2.75, 3.05) is 31.1 Å². The summed E-state index contributed by atoms with van der Waals surface area (Å²) in [4.78, 5) is 16.9. The van der Waals surface area contributed by atoms with Crippen LogP contribution in [0.25, 0.3) is 11.3 Å². The molecule has 0 saturated carbocycles. The van der Waals surface area contributed by atoms with E-state index in [-0.39, 0.29) is 5.56 Å². The molecule has 98 valence electrons. The molecule has 0 spiro atoms. The number of aromatic nitrogens is 3. The molecule has 2 heterocycles. The lowest BCUT2D eigenvalue weighted by atomic mass is 10.2. The van der Waals surface area contributed by atoms with E-state index in [1.54, 1.807) is 0 Å². The molecule has 6 heteroatoms. The Balaban J connectivity index is 1.92. The summed E-state index contributed by atoms with van der Waals surface area (Å²) in [5.74, 6) is 0.547. The van der Waals surface area contributed by atoms with Gasteiger partial charge in [-0.3, -0.25) is 9.78 Å². The third-order valence-electron chi connectivity index (χ3n) is 3.15. The Bertz CT molecular complexity index is 604. The third kappa shape index (κ3) is 2.48. The Morgan fingerprint density at radius 1 is 1.05 bits per heavy atom. The van der Waals surface area contributed by atoms with Crippen molar-refractivity contribution in [1.29, 1.82) is 0 Å². The highest BCUT2D eigenvalue weighted by Crippen LogP contribution is 2.12. The molecule has 0 bridgehead atoms. The van der Waals surface area contributed by atoms with Crippen molar-refractivity contribution in [1.82, 2.24) is 20.5 Å². The number of nitrogens with one attached hydrogen (secondary N) is 2. The highest BCUT2D eigenvalue weighted by atomic mass is 16.1. The van der Waals surface area contributed by atoms with E-state index in [2.05, 4.69) is 20.5 Å². The SMILES string of the molecule is O=c1[nH]c(N2CCNCC2)nnc1-c1ccccc1. The molecular formula is C13H15N5O. The highest BCUT2D eigenvalue weighted by Gasteiger charge is 2.14. The molecule has 3 rings (SSSR count). The quantitative estimate of drug-likeness (QED) is 0.806. The smallest absolute Gasteiger partial charge is 0.279 e. The van der Waals surface area contributed by atoms with E-state index in [1.165, 1.54) is 0 Å². The largest absolute Gasteiger partial charge is 0.338 e. The normalized spacial score (nSPS) is 15.5. The molecular weight excluding hydrogens is 242 g/mol. The molecule has 1 aliphatic heterocycles. The second-order valence-electron chi connectivity index (χ2n) is 4.43. The lowest BCUT2D eigenvalue weighted by Gasteiger charge is -2.27. The van der Waals surface area contributed by atoms with Crippen LogP contribution in [0, 0.1) is 0 Å². The minimum absolute atomic E-state index is 0.199. The van der Waals surface area contributed by atoms with Crippen molar-refractivity contribution in [3.05, 3.63) is 40.7 Å². The first kappa shape index (κ1) is 11.9. The van der Waals surface area contributed by atoms with Gasteiger partial charge in [-0.1, -0.05) is 30.3 Å². The van der Waals surface area contributed by atoms with Crippen LogP contribution >= 0.6 is 0 Å². The molecule has 0 atom stereocenters. The Morgan fingerprint density at radius 2 is 1.79 bits per heavy atom. The maximum atomic E-state index is 12.1. The number of aromatic amines is 1. The molecule has 6 nitrogen and oxygen atoms in total. The van der Waals surface area contributed by atoms with Crippen LogP contribution in [0.5, 0.6) is 0 Å². The molecule has 0 amide bonds. The minimum Gasteiger partial charge on any atom is -0.338 e. The average Bonchev–Trinajstić information content (AvgIpc) is 2.49. The molecule has 1 aliphatic rings. The number of hydrogen-bond donors (Lipinski definition) is 2. The van der Waals surface area contributed by atoms with E-state index >= 15 is 0 Å². The van der Waals surface area contributed by atoms with Gasteiger partial charge in [0.2, 0.25) is 5.95 Å². The van der Waals surface area contributed by atoms with Gasteiger partial charge in [-0.15, -0.1) is 10.2 Å². The second-order valence-corrected chi connectivity index (χ2v) is 4.43. The summed E-state index contributed by atoms with van der Waals surface area (Å²) in [6.45, 7) is 3.44. The highest BCUT2D eigenvalue weighted by molar-refractivity contribution is 5.57. The monoisotopic (exact) mass is 257 g/mol. The van der Waals surface area contributed by atoms with Crippen molar-refractivity contribution in [2.24, 2.45) is 0 Å². The summed E-state index contributed by atoms with van der Waals surface area (Å²) >= 11 is 0. The zero-order valence-corrected chi connectivity index (χ0v) is 10.5. The first-order valence-electron chi connectivity index (χ1n) is 6.33. The number of benzene rings is 1. The van der Waals surface area contributed by atoms with Crippen LogP contribution < -0.4 is 15.8 Å².